The zero-order chi connectivity index (χ0) is 17.3. The minimum atomic E-state index is -0.285. The molecule has 2 heterocycles. The molecule has 1 amide bonds. The number of hydrogen-bond acceptors (Lipinski definition) is 3. The number of carbonyl (C=O) groups is 1. The van der Waals surface area contributed by atoms with Crippen LogP contribution in [0, 0.1) is 0 Å². The summed E-state index contributed by atoms with van der Waals surface area (Å²) in [7, 11) is 3.44. The highest BCUT2D eigenvalue weighted by Crippen LogP contribution is 2.45. The fourth-order valence-electron chi connectivity index (χ4n) is 2.76. The lowest BCUT2D eigenvalue weighted by molar-refractivity contribution is 0.0926. The third-order valence-electron chi connectivity index (χ3n) is 4.35. The molecule has 2 aromatic rings. The monoisotopic (exact) mass is 326 g/mol. The molecule has 0 aliphatic heterocycles. The van der Waals surface area contributed by atoms with E-state index in [0.717, 1.165) is 29.0 Å². The molecular formula is C18H22N4O2. The maximum Gasteiger partial charge on any atom is 0.268 e. The van der Waals surface area contributed by atoms with Gasteiger partial charge in [0.15, 0.2) is 0 Å². The zero-order valence-corrected chi connectivity index (χ0v) is 14.2. The number of aromatic amines is 1. The number of aromatic nitrogens is 3. The number of rotatable bonds is 5. The van der Waals surface area contributed by atoms with Gasteiger partial charge in [0.05, 0.1) is 18.8 Å². The normalized spacial score (nSPS) is 17.0. The van der Waals surface area contributed by atoms with Crippen molar-refractivity contribution < 1.29 is 9.53 Å². The number of H-pyrrole nitrogens is 1. The van der Waals surface area contributed by atoms with Crippen molar-refractivity contribution >= 4 is 18.1 Å². The predicted molar refractivity (Wildman–Crippen MR) is 92.4 cm³/mol. The molecule has 0 atom stereocenters. The van der Waals surface area contributed by atoms with Gasteiger partial charge in [-0.05, 0) is 31.9 Å². The van der Waals surface area contributed by atoms with Gasteiger partial charge in [0.1, 0.15) is 11.5 Å². The number of nitrogens with one attached hydrogen (secondary N) is 2. The Morgan fingerprint density at radius 2 is 2.29 bits per heavy atom. The van der Waals surface area contributed by atoms with Gasteiger partial charge < -0.3 is 15.0 Å². The summed E-state index contributed by atoms with van der Waals surface area (Å²) in [6.45, 7) is 5.71. The molecule has 3 rings (SSSR count). The number of carbonyl (C=O) groups excluding carboxylic acids is 1. The predicted octanol–water partition coefficient (Wildman–Crippen LogP) is 0.908. The van der Waals surface area contributed by atoms with E-state index in [9.17, 15) is 4.79 Å². The summed E-state index contributed by atoms with van der Waals surface area (Å²) < 4.78 is 6.84. The first-order chi connectivity index (χ1) is 11.5. The van der Waals surface area contributed by atoms with Crippen LogP contribution in [0.4, 0.5) is 0 Å². The van der Waals surface area contributed by atoms with Crippen molar-refractivity contribution in [1.82, 2.24) is 20.1 Å². The second-order valence-electron chi connectivity index (χ2n) is 6.09. The highest BCUT2D eigenvalue weighted by molar-refractivity contribution is 5.93. The van der Waals surface area contributed by atoms with Crippen molar-refractivity contribution in [2.45, 2.75) is 25.3 Å². The van der Waals surface area contributed by atoms with E-state index >= 15 is 0 Å². The number of aryl methyl sites for hydroxylation is 1. The van der Waals surface area contributed by atoms with Gasteiger partial charge in [0, 0.05) is 29.4 Å². The van der Waals surface area contributed by atoms with E-state index in [1.54, 1.807) is 17.9 Å². The molecule has 2 N–H and O–H groups in total. The Labute approximate surface area is 140 Å². The van der Waals surface area contributed by atoms with Crippen molar-refractivity contribution in [2.75, 3.05) is 7.11 Å². The zero-order valence-electron chi connectivity index (χ0n) is 14.2. The van der Waals surface area contributed by atoms with E-state index in [4.69, 9.17) is 4.74 Å². The highest BCUT2D eigenvalue weighted by atomic mass is 16.5. The summed E-state index contributed by atoms with van der Waals surface area (Å²) in [5.74, 6) is 0.417. The molecule has 1 fully saturated rings. The van der Waals surface area contributed by atoms with Crippen molar-refractivity contribution in [3.63, 3.8) is 0 Å². The van der Waals surface area contributed by atoms with Crippen molar-refractivity contribution in [3.8, 4) is 0 Å². The van der Waals surface area contributed by atoms with E-state index in [1.165, 1.54) is 0 Å². The SMILES string of the molecule is C=C(/C=c1/cc(C(=O)NC2(c3cnn(C)c3)CC2)[nH]/c1=C/C)OC. The molecule has 2 aromatic heterocycles. The number of allylic oxidation sites excluding steroid dienone is 1. The molecule has 126 valence electrons. The van der Waals surface area contributed by atoms with E-state index < -0.39 is 0 Å². The van der Waals surface area contributed by atoms with Gasteiger partial charge in [-0.1, -0.05) is 12.7 Å². The van der Waals surface area contributed by atoms with Crippen LogP contribution in [0.25, 0.3) is 12.2 Å². The van der Waals surface area contributed by atoms with Crippen LogP contribution in [-0.4, -0.2) is 27.8 Å². The minimum Gasteiger partial charge on any atom is -0.497 e. The first kappa shape index (κ1) is 16.1. The number of ether oxygens (including phenoxy) is 1. The van der Waals surface area contributed by atoms with Crippen molar-refractivity contribution in [1.29, 1.82) is 0 Å². The maximum absolute atomic E-state index is 12.7. The molecule has 1 saturated carbocycles. The lowest BCUT2D eigenvalue weighted by Crippen LogP contribution is -2.35. The van der Waals surface area contributed by atoms with Gasteiger partial charge in [-0.2, -0.15) is 5.10 Å². The third kappa shape index (κ3) is 2.99. The number of hydrogen-bond donors (Lipinski definition) is 2. The second kappa shape index (κ2) is 6.03. The van der Waals surface area contributed by atoms with Gasteiger partial charge in [-0.3, -0.25) is 9.48 Å². The summed E-state index contributed by atoms with van der Waals surface area (Å²) >= 11 is 0. The summed E-state index contributed by atoms with van der Waals surface area (Å²) in [6.07, 6.45) is 9.34. The van der Waals surface area contributed by atoms with E-state index in [2.05, 4.69) is 22.0 Å². The van der Waals surface area contributed by atoms with Gasteiger partial charge in [-0.25, -0.2) is 0 Å². The summed E-state index contributed by atoms with van der Waals surface area (Å²) in [5.41, 5.74) is 1.28. The summed E-state index contributed by atoms with van der Waals surface area (Å²) in [5, 5.41) is 9.08. The molecule has 1 aliphatic rings. The standard InChI is InChI=1S/C18H22N4O2/c1-5-15-13(8-12(2)24-4)9-16(20-15)17(23)21-18(6-7-18)14-10-19-22(3)11-14/h5,8-11,20H,2,6-7H2,1,3-4H3,(H,21,23)/b13-8-,15-5+. The van der Waals surface area contributed by atoms with Crippen molar-refractivity contribution in [2.24, 2.45) is 7.05 Å². The first-order valence-electron chi connectivity index (χ1n) is 7.89. The van der Waals surface area contributed by atoms with Crippen LogP contribution in [0.3, 0.4) is 0 Å². The molecule has 0 radical (unpaired) electrons. The summed E-state index contributed by atoms with van der Waals surface area (Å²) in [4.78, 5) is 15.8. The molecule has 0 aromatic carbocycles. The van der Waals surface area contributed by atoms with Gasteiger partial charge in [0.25, 0.3) is 5.91 Å². The molecule has 24 heavy (non-hydrogen) atoms. The molecule has 0 saturated heterocycles. The highest BCUT2D eigenvalue weighted by Gasteiger charge is 2.46. The Hall–Kier alpha value is -2.76. The Balaban J connectivity index is 1.86. The van der Waals surface area contributed by atoms with Crippen LogP contribution in [-0.2, 0) is 17.3 Å². The third-order valence-corrected chi connectivity index (χ3v) is 4.35. The number of methoxy groups -OCH3 is 1. The van der Waals surface area contributed by atoms with Crippen LogP contribution < -0.4 is 15.9 Å². The quantitative estimate of drug-likeness (QED) is 0.802. The topological polar surface area (TPSA) is 71.9 Å². The van der Waals surface area contributed by atoms with Crippen LogP contribution in [0.2, 0.25) is 0 Å². The number of amides is 1. The van der Waals surface area contributed by atoms with Gasteiger partial charge in [0.2, 0.25) is 0 Å². The molecule has 6 heteroatoms. The Bertz CT molecular complexity index is 900. The fourth-order valence-corrected chi connectivity index (χ4v) is 2.76. The Kier molecular flexibility index (Phi) is 4.05. The minimum absolute atomic E-state index is 0.123. The van der Waals surface area contributed by atoms with E-state index in [-0.39, 0.29) is 11.4 Å². The lowest BCUT2D eigenvalue weighted by atomic mass is 10.1. The van der Waals surface area contributed by atoms with Crippen LogP contribution in [0.15, 0.2) is 30.8 Å². The molecule has 1 aliphatic carbocycles. The van der Waals surface area contributed by atoms with Gasteiger partial charge in [-0.15, -0.1) is 0 Å². The van der Waals surface area contributed by atoms with Crippen LogP contribution >= 0.6 is 0 Å². The number of nitrogens with zero attached hydrogens (tertiary/aromatic N) is 2. The smallest absolute Gasteiger partial charge is 0.268 e. The average Bonchev–Trinajstić information content (AvgIpc) is 3.02. The van der Waals surface area contributed by atoms with Crippen molar-refractivity contribution in [3.05, 3.63) is 52.6 Å². The molecule has 6 nitrogen and oxygen atoms in total. The first-order valence-corrected chi connectivity index (χ1v) is 7.89. The maximum atomic E-state index is 12.7. The van der Waals surface area contributed by atoms with E-state index in [0.29, 0.717) is 11.5 Å². The molecule has 0 bridgehead atoms. The Morgan fingerprint density at radius 1 is 1.54 bits per heavy atom. The average molecular weight is 326 g/mol. The van der Waals surface area contributed by atoms with E-state index in [1.807, 2.05) is 38.5 Å². The molecule has 0 unspecified atom stereocenters. The molecule has 0 spiro atoms. The van der Waals surface area contributed by atoms with Crippen LogP contribution in [0.5, 0.6) is 0 Å². The van der Waals surface area contributed by atoms with Crippen LogP contribution in [0.1, 0.15) is 35.8 Å². The fraction of sp³-hybridized carbons (Fsp3) is 0.333. The second-order valence-corrected chi connectivity index (χ2v) is 6.09. The van der Waals surface area contributed by atoms with Gasteiger partial charge >= 0.3 is 0 Å². The Morgan fingerprint density at radius 3 is 2.83 bits per heavy atom. The largest absolute Gasteiger partial charge is 0.497 e. The summed E-state index contributed by atoms with van der Waals surface area (Å²) in [6, 6.07) is 1.81. The molecular weight excluding hydrogens is 304 g/mol. The lowest BCUT2D eigenvalue weighted by Gasteiger charge is -2.15.